The quantitative estimate of drug-likeness (QED) is 0.0411. The van der Waals surface area contributed by atoms with Gasteiger partial charge in [-0.3, -0.25) is 15.0 Å². The number of halogens is 8. The number of hydrogen-bond donors (Lipinski definition) is 4. The summed E-state index contributed by atoms with van der Waals surface area (Å²) in [6, 6.07) is 88.5. The van der Waals surface area contributed by atoms with Crippen LogP contribution >= 0.6 is 92.5 Å². The lowest BCUT2D eigenvalue weighted by molar-refractivity contribution is 0.117. The van der Waals surface area contributed by atoms with Gasteiger partial charge in [0.15, 0.2) is 16.8 Å². The minimum absolute atomic E-state index is 0.311. The Morgan fingerprint density at radius 3 is 1.36 bits per heavy atom. The van der Waals surface area contributed by atoms with Crippen LogP contribution in [0.4, 0.5) is 4.39 Å². The molecule has 0 saturated heterocycles. The van der Waals surface area contributed by atoms with Gasteiger partial charge < -0.3 is 39.0 Å². The minimum atomic E-state index is -1.55. The highest BCUT2D eigenvalue weighted by Gasteiger charge is 2.41. The Morgan fingerprint density at radius 1 is 0.378 bits per heavy atom. The number of aromatic nitrogens is 13. The third-order valence-corrected chi connectivity index (χ3v) is 28.6. The molecule has 0 radical (unpaired) electrons. The van der Waals surface area contributed by atoms with Gasteiger partial charge in [0.05, 0.1) is 103 Å². The molecule has 0 bridgehead atoms. The van der Waals surface area contributed by atoms with Gasteiger partial charge >= 0.3 is 0 Å². The molecule has 0 aliphatic rings. The number of hydrogen-bond acceptors (Lipinski definition) is 17. The molecule has 143 heavy (non-hydrogen) atoms. The Balaban J connectivity index is 0.000000126. The van der Waals surface area contributed by atoms with E-state index in [2.05, 4.69) is 57.1 Å². The van der Waals surface area contributed by atoms with Crippen LogP contribution in [0.5, 0.6) is 11.8 Å². The standard InChI is InChI=1S/C31H25Cl2N5O.C30H28ClN3O2.C29H21Cl2FN2O2.C25H17Cl2N3OS/c1-20-4-8-22(9-5-20)31(39,28-18-34-19-37(28)2)23-10-13-27-25(17-23)29(32)26(30(33)36-27)16-21-6-11-24(12-7-21)38-15-3-14-35-38;1-4-36-29-25(16-21-8-6-5-7-9-21)28(31)24-17-23(14-15-26(24)33-29)30(35,27-18-32-19-34(27)3)22-12-10-20(2)11-13-22;1-36-28-25(14-18-7-10-23(32)11-8-18)27(31)24-16-20(9-12-26(24)34-28)29(35,21-5-3-13-33-17-21)19-4-2-6-22(30)15-19;26-21-5-1-3-16(10-21)9-18-11-17-12-19(6-7-22(17)30-24(18)27)25(31,23-14-29-15-32-23)20-4-2-8-28-13-20/h3-15,17-19,39H,16H2,1-2H3;5-15,17-19,35H,4,16H2,1-3H3;2-13,15-17,35H,14H2,1H3;1-8,10-15,31H,9H2. The fraction of sp³-hybridized carbons (Fsp3) is 0.130. The van der Waals surface area contributed by atoms with Gasteiger partial charge in [0.1, 0.15) is 21.7 Å². The Bertz CT molecular complexity index is 8130. The highest BCUT2D eigenvalue weighted by atomic mass is 35.5. The molecular formula is C115H91Cl7FN13O6S. The van der Waals surface area contributed by atoms with Crippen LogP contribution in [0.3, 0.4) is 0 Å². The molecule has 0 aliphatic heterocycles. The summed E-state index contributed by atoms with van der Waals surface area (Å²) < 4.78 is 30.3. The van der Waals surface area contributed by atoms with Crippen LogP contribution in [-0.4, -0.2) is 97.9 Å². The van der Waals surface area contributed by atoms with Gasteiger partial charge in [-0.2, -0.15) is 5.10 Å². The molecule has 4 atom stereocenters. The molecule has 10 heterocycles. The highest BCUT2D eigenvalue weighted by Crippen LogP contribution is 2.47. The maximum atomic E-state index is 13.4. The van der Waals surface area contributed by atoms with E-state index in [1.54, 1.807) is 121 Å². The van der Waals surface area contributed by atoms with E-state index in [1.807, 2.05) is 263 Å². The minimum Gasteiger partial charge on any atom is -0.481 e. The van der Waals surface area contributed by atoms with Crippen molar-refractivity contribution in [3.8, 4) is 17.4 Å². The first kappa shape index (κ1) is 99.2. The first-order valence-electron chi connectivity index (χ1n) is 45.5. The summed E-state index contributed by atoms with van der Waals surface area (Å²) >= 11 is 48.0. The summed E-state index contributed by atoms with van der Waals surface area (Å²) in [6.07, 6.45) is 20.8. The van der Waals surface area contributed by atoms with Crippen molar-refractivity contribution in [2.75, 3.05) is 13.7 Å². The molecule has 4 N–H and O–H groups in total. The molecule has 19 nitrogen and oxygen atoms in total. The average Bonchev–Trinajstić information content (AvgIpc) is 1.31. The smallest absolute Gasteiger partial charge is 0.218 e. The number of ether oxygens (including phenoxy) is 2. The van der Waals surface area contributed by atoms with Crippen molar-refractivity contribution in [2.24, 2.45) is 14.1 Å². The molecule has 10 aromatic heterocycles. The number of thiazole rings is 1. The van der Waals surface area contributed by atoms with Crippen LogP contribution < -0.4 is 9.47 Å². The van der Waals surface area contributed by atoms with E-state index in [0.29, 0.717) is 162 Å². The van der Waals surface area contributed by atoms with Crippen molar-refractivity contribution in [1.82, 2.24) is 63.8 Å². The van der Waals surface area contributed by atoms with Crippen LogP contribution in [0.25, 0.3) is 49.3 Å². The molecule has 21 aromatic rings. The Kier molecular flexibility index (Phi) is 29.9. The lowest BCUT2D eigenvalue weighted by atomic mass is 9.80. The topological polar surface area (TPSA) is 243 Å². The number of methoxy groups -OCH3 is 1. The molecule has 0 spiro atoms. The van der Waals surface area contributed by atoms with E-state index in [4.69, 9.17) is 95.7 Å². The first-order valence-corrected chi connectivity index (χ1v) is 49.1. The predicted octanol–water partition coefficient (Wildman–Crippen LogP) is 26.1. The summed E-state index contributed by atoms with van der Waals surface area (Å²) in [4.78, 5) is 40.6. The van der Waals surface area contributed by atoms with Crippen molar-refractivity contribution in [1.29, 1.82) is 0 Å². The SMILES string of the molecule is CCOc1nc2ccc(C(O)(c3ccc(C)cc3)c3cncn3C)cc2c(Cl)c1Cc1ccccc1.COc1nc2ccc(C(O)(c3cccnc3)c3cccc(Cl)c3)cc2c(Cl)c1Cc1ccc(F)cc1.Cc1ccc(C(O)(c2ccc3nc(Cl)c(Cc4ccc(-n5cccn5)cc4)c(Cl)c3c2)c2cncn2C)cc1.OC(c1cccnc1)(c1ccc2nc(Cl)c(Cc3cccc(Cl)c3)cc2c1)c1cncs1. The zero-order valence-electron chi connectivity index (χ0n) is 78.0. The van der Waals surface area contributed by atoms with Gasteiger partial charge in [-0.1, -0.05) is 256 Å². The number of rotatable bonds is 24. The van der Waals surface area contributed by atoms with E-state index >= 15 is 0 Å². The van der Waals surface area contributed by atoms with E-state index in [1.165, 1.54) is 30.6 Å². The summed E-state index contributed by atoms with van der Waals surface area (Å²) in [5.74, 6) is 0.614. The molecule has 11 aromatic carbocycles. The van der Waals surface area contributed by atoms with Crippen LogP contribution in [0.15, 0.2) is 359 Å². The Hall–Kier alpha value is -14.0. The van der Waals surface area contributed by atoms with Gasteiger partial charge in [0.25, 0.3) is 0 Å². The van der Waals surface area contributed by atoms with Crippen LogP contribution in [0, 0.1) is 19.7 Å². The molecule has 28 heteroatoms. The third kappa shape index (κ3) is 20.7. The lowest BCUT2D eigenvalue weighted by Gasteiger charge is -2.30. The molecule has 21 rings (SSSR count). The number of aryl methyl sites for hydroxylation is 4. The number of benzene rings is 11. The Morgan fingerprint density at radius 2 is 0.846 bits per heavy atom. The number of aliphatic hydroxyl groups is 4. The van der Waals surface area contributed by atoms with Gasteiger partial charge in [-0.15, -0.1) is 11.3 Å². The van der Waals surface area contributed by atoms with Crippen LogP contribution in [-0.2, 0) is 62.2 Å². The van der Waals surface area contributed by atoms with Crippen molar-refractivity contribution >= 4 is 136 Å². The largest absolute Gasteiger partial charge is 0.481 e. The molecular weight excluding hydrogens is 1960 g/mol. The summed E-state index contributed by atoms with van der Waals surface area (Å²) in [5, 5.41) is 59.6. The first-order chi connectivity index (χ1) is 69.2. The highest BCUT2D eigenvalue weighted by molar-refractivity contribution is 7.09. The maximum absolute atomic E-state index is 13.4. The molecule has 4 unspecified atom stereocenters. The molecule has 0 saturated carbocycles. The Labute approximate surface area is 863 Å². The summed E-state index contributed by atoms with van der Waals surface area (Å²) in [6.45, 7) is 6.47. The van der Waals surface area contributed by atoms with Gasteiger partial charge in [0.2, 0.25) is 11.8 Å². The number of imidazole rings is 2. The molecule has 714 valence electrons. The normalized spacial score (nSPS) is 13.0. The second-order valence-corrected chi connectivity index (χ2v) is 38.2. The van der Waals surface area contributed by atoms with Crippen LogP contribution in [0.2, 0.25) is 35.4 Å². The van der Waals surface area contributed by atoms with Gasteiger partial charge in [-0.05, 0) is 209 Å². The predicted molar refractivity (Wildman–Crippen MR) is 568 cm³/mol. The molecule has 0 amide bonds. The van der Waals surface area contributed by atoms with E-state index < -0.39 is 22.4 Å². The fourth-order valence-corrected chi connectivity index (χ4v) is 20.4. The second kappa shape index (κ2) is 43.1. The summed E-state index contributed by atoms with van der Waals surface area (Å²) in [5.41, 5.74) is 16.2. The third-order valence-electron chi connectivity index (χ3n) is 25.3. The fourth-order valence-electron chi connectivity index (χ4n) is 17.8. The van der Waals surface area contributed by atoms with Gasteiger partial charge in [-0.25, -0.2) is 39.0 Å². The van der Waals surface area contributed by atoms with Crippen molar-refractivity contribution in [3.05, 3.63) is 522 Å². The van der Waals surface area contributed by atoms with E-state index in [9.17, 15) is 24.8 Å². The number of fused-ring (bicyclic) bond motifs is 4. The zero-order valence-corrected chi connectivity index (χ0v) is 84.1. The molecule has 0 fully saturated rings. The zero-order chi connectivity index (χ0) is 99.9. The maximum Gasteiger partial charge on any atom is 0.218 e. The average molecular weight is 2050 g/mol. The van der Waals surface area contributed by atoms with Crippen molar-refractivity contribution < 1.29 is 34.3 Å². The number of nitrogens with zero attached hydrogens (tertiary/aromatic N) is 13. The van der Waals surface area contributed by atoms with Crippen molar-refractivity contribution in [3.63, 3.8) is 0 Å². The monoisotopic (exact) mass is 2050 g/mol. The van der Waals surface area contributed by atoms with Crippen LogP contribution in [0.1, 0.15) is 129 Å². The van der Waals surface area contributed by atoms with E-state index in [0.717, 1.165) is 88.6 Å². The van der Waals surface area contributed by atoms with Gasteiger partial charge in [0, 0.05) is 143 Å². The second-order valence-electron chi connectivity index (χ2n) is 34.6. The van der Waals surface area contributed by atoms with E-state index in [-0.39, 0.29) is 5.82 Å². The lowest BCUT2D eigenvalue weighted by Crippen LogP contribution is -2.31. The summed E-state index contributed by atoms with van der Waals surface area (Å²) in [7, 11) is 5.28. The number of pyridine rings is 6. The molecule has 0 aliphatic carbocycles. The van der Waals surface area contributed by atoms with Crippen molar-refractivity contribution in [2.45, 2.75) is 68.9 Å².